The molecule has 9 nitrogen and oxygen atoms in total. The predicted octanol–water partition coefficient (Wildman–Crippen LogP) is 3.83. The highest BCUT2D eigenvalue weighted by atomic mass is 16.6. The van der Waals surface area contributed by atoms with E-state index in [-0.39, 0.29) is 31.6 Å². The van der Waals surface area contributed by atoms with Crippen molar-refractivity contribution in [2.75, 3.05) is 31.1 Å². The summed E-state index contributed by atoms with van der Waals surface area (Å²) in [5.74, 6) is -0.775. The Balaban J connectivity index is 1.22. The lowest BCUT2D eigenvalue weighted by Crippen LogP contribution is -2.50. The number of carbonyl (C=O) groups excluding carboxylic acids is 3. The summed E-state index contributed by atoms with van der Waals surface area (Å²) in [5, 5.41) is 5.40. The quantitative estimate of drug-likeness (QED) is 0.482. The first-order chi connectivity index (χ1) is 18.5. The van der Waals surface area contributed by atoms with Crippen LogP contribution >= 0.6 is 0 Å². The van der Waals surface area contributed by atoms with Gasteiger partial charge in [-0.25, -0.2) is 9.59 Å². The van der Waals surface area contributed by atoms with Crippen molar-refractivity contribution < 1.29 is 23.9 Å². The van der Waals surface area contributed by atoms with Crippen LogP contribution in [0.5, 0.6) is 0 Å². The summed E-state index contributed by atoms with van der Waals surface area (Å²) in [4.78, 5) is 44.2. The molecule has 0 unspecified atom stereocenters. The maximum absolute atomic E-state index is 13.0. The fraction of sp³-hybridized carbons (Fsp3) is 0.517. The van der Waals surface area contributed by atoms with Gasteiger partial charge < -0.3 is 25.0 Å². The summed E-state index contributed by atoms with van der Waals surface area (Å²) in [6.45, 7) is 3.95. The number of rotatable bonds is 9. The van der Waals surface area contributed by atoms with Crippen LogP contribution in [0.25, 0.3) is 0 Å². The number of alkyl carbamates (subject to hydrolysis) is 1. The van der Waals surface area contributed by atoms with E-state index in [2.05, 4.69) is 32.7 Å². The number of ether oxygens (including phenoxy) is 2. The molecule has 38 heavy (non-hydrogen) atoms. The van der Waals surface area contributed by atoms with Gasteiger partial charge in [0.2, 0.25) is 5.91 Å². The molecule has 2 aromatic rings. The summed E-state index contributed by atoms with van der Waals surface area (Å²) < 4.78 is 10.3. The number of amides is 2. The van der Waals surface area contributed by atoms with Crippen LogP contribution < -0.4 is 15.5 Å². The van der Waals surface area contributed by atoms with Gasteiger partial charge in [0, 0.05) is 43.6 Å². The van der Waals surface area contributed by atoms with Gasteiger partial charge in [-0.15, -0.1) is 0 Å². The van der Waals surface area contributed by atoms with Gasteiger partial charge in [-0.2, -0.15) is 0 Å². The molecule has 1 atom stereocenters. The molecule has 2 heterocycles. The van der Waals surface area contributed by atoms with Crippen LogP contribution in [-0.4, -0.2) is 55.2 Å². The van der Waals surface area contributed by atoms with Crippen LogP contribution in [0.2, 0.25) is 0 Å². The first-order valence-corrected chi connectivity index (χ1v) is 13.5. The molecule has 204 valence electrons. The first kappa shape index (κ1) is 27.4. The van der Waals surface area contributed by atoms with Crippen molar-refractivity contribution >= 4 is 23.7 Å². The lowest BCUT2D eigenvalue weighted by Gasteiger charge is -2.46. The molecule has 2 amide bonds. The Bertz CT molecular complexity index is 1050. The SMILES string of the molecule is CCOC(=O)[C@H](CNC(=O)C1CCC2(CC1)CCN(c1ccncc1)CC2)NC(=O)OCc1ccccc1. The number of nitrogens with one attached hydrogen (secondary N) is 2. The van der Waals surface area contributed by atoms with E-state index in [1.165, 1.54) is 5.69 Å². The molecule has 1 aromatic heterocycles. The number of carbonyl (C=O) groups is 3. The fourth-order valence-electron chi connectivity index (χ4n) is 5.48. The number of esters is 1. The van der Waals surface area contributed by atoms with E-state index in [1.807, 2.05) is 42.7 Å². The van der Waals surface area contributed by atoms with Gasteiger partial charge in [0.05, 0.1) is 6.61 Å². The molecule has 1 aliphatic heterocycles. The molecular weight excluding hydrogens is 484 g/mol. The number of hydrogen-bond donors (Lipinski definition) is 2. The van der Waals surface area contributed by atoms with Crippen molar-refractivity contribution in [1.82, 2.24) is 15.6 Å². The van der Waals surface area contributed by atoms with Gasteiger partial charge in [-0.05, 0) is 68.6 Å². The lowest BCUT2D eigenvalue weighted by atomic mass is 9.65. The second-order valence-electron chi connectivity index (χ2n) is 10.2. The fourth-order valence-corrected chi connectivity index (χ4v) is 5.48. The summed E-state index contributed by atoms with van der Waals surface area (Å²) in [6.07, 6.45) is 8.90. The van der Waals surface area contributed by atoms with Crippen LogP contribution in [0.4, 0.5) is 10.5 Å². The van der Waals surface area contributed by atoms with Gasteiger partial charge >= 0.3 is 12.1 Å². The maximum Gasteiger partial charge on any atom is 0.408 e. The summed E-state index contributed by atoms with van der Waals surface area (Å²) >= 11 is 0. The Morgan fingerprint density at radius 2 is 1.68 bits per heavy atom. The molecule has 2 fully saturated rings. The molecule has 1 spiro atoms. The van der Waals surface area contributed by atoms with E-state index >= 15 is 0 Å². The Morgan fingerprint density at radius 1 is 1.00 bits per heavy atom. The monoisotopic (exact) mass is 522 g/mol. The Morgan fingerprint density at radius 3 is 2.34 bits per heavy atom. The van der Waals surface area contributed by atoms with Crippen molar-refractivity contribution in [2.24, 2.45) is 11.3 Å². The normalized spacial score (nSPS) is 17.9. The van der Waals surface area contributed by atoms with E-state index in [0.29, 0.717) is 5.41 Å². The number of benzene rings is 1. The van der Waals surface area contributed by atoms with Gasteiger partial charge in [0.25, 0.3) is 0 Å². The average Bonchev–Trinajstić information content (AvgIpc) is 2.96. The van der Waals surface area contributed by atoms with Gasteiger partial charge in [0.1, 0.15) is 12.6 Å². The number of hydrogen-bond acceptors (Lipinski definition) is 7. The van der Waals surface area contributed by atoms with Crippen molar-refractivity contribution in [3.63, 3.8) is 0 Å². The van der Waals surface area contributed by atoms with Crippen LogP contribution in [0.1, 0.15) is 51.0 Å². The number of piperidine rings is 1. The highest BCUT2D eigenvalue weighted by Gasteiger charge is 2.40. The van der Waals surface area contributed by atoms with Crippen LogP contribution in [0.3, 0.4) is 0 Å². The molecule has 2 aliphatic rings. The molecule has 1 saturated heterocycles. The lowest BCUT2D eigenvalue weighted by molar-refractivity contribution is -0.145. The first-order valence-electron chi connectivity index (χ1n) is 13.5. The topological polar surface area (TPSA) is 110 Å². The smallest absolute Gasteiger partial charge is 0.408 e. The van der Waals surface area contributed by atoms with E-state index in [0.717, 1.165) is 57.2 Å². The minimum Gasteiger partial charge on any atom is -0.464 e. The zero-order valence-corrected chi connectivity index (χ0v) is 22.1. The van der Waals surface area contributed by atoms with Crippen molar-refractivity contribution in [1.29, 1.82) is 0 Å². The number of nitrogens with zero attached hydrogens (tertiary/aromatic N) is 2. The number of aromatic nitrogens is 1. The maximum atomic E-state index is 13.0. The van der Waals surface area contributed by atoms with E-state index in [4.69, 9.17) is 9.47 Å². The number of pyridine rings is 1. The van der Waals surface area contributed by atoms with E-state index in [1.54, 1.807) is 6.92 Å². The van der Waals surface area contributed by atoms with E-state index in [9.17, 15) is 14.4 Å². The molecule has 9 heteroatoms. The van der Waals surface area contributed by atoms with Crippen LogP contribution in [0.15, 0.2) is 54.9 Å². The summed E-state index contributed by atoms with van der Waals surface area (Å²) in [6, 6.07) is 12.4. The van der Waals surface area contributed by atoms with E-state index < -0.39 is 18.1 Å². The Hall–Kier alpha value is -3.62. The molecule has 1 saturated carbocycles. The minimum absolute atomic E-state index is 0.0410. The predicted molar refractivity (Wildman–Crippen MR) is 143 cm³/mol. The third kappa shape index (κ3) is 7.46. The van der Waals surface area contributed by atoms with Gasteiger partial charge in [-0.1, -0.05) is 30.3 Å². The standard InChI is InChI=1S/C29H38N4O5/c1-2-37-27(35)25(32-28(36)38-21-22-6-4-3-5-7-22)20-31-26(34)23-8-12-29(13-9-23)14-18-33(19-15-29)24-10-16-30-17-11-24/h3-7,10-11,16-17,23,25H,2,8-9,12-15,18-21H2,1H3,(H,31,34)(H,32,36)/t25-/m0/s1. The zero-order chi connectivity index (χ0) is 26.8. The summed E-state index contributed by atoms with van der Waals surface area (Å²) in [7, 11) is 0. The molecule has 2 N–H and O–H groups in total. The molecule has 0 radical (unpaired) electrons. The van der Waals surface area contributed by atoms with Crippen LogP contribution in [-0.2, 0) is 25.7 Å². The molecule has 1 aliphatic carbocycles. The second kappa shape index (κ2) is 13.3. The molecule has 4 rings (SSSR count). The largest absolute Gasteiger partial charge is 0.464 e. The van der Waals surface area contributed by atoms with Gasteiger partial charge in [-0.3, -0.25) is 9.78 Å². The molecule has 1 aromatic carbocycles. The second-order valence-corrected chi connectivity index (χ2v) is 10.2. The molecule has 0 bridgehead atoms. The number of anilines is 1. The van der Waals surface area contributed by atoms with Crippen molar-refractivity contribution in [2.45, 2.75) is 58.1 Å². The third-order valence-electron chi connectivity index (χ3n) is 7.83. The van der Waals surface area contributed by atoms with Crippen LogP contribution in [0, 0.1) is 11.3 Å². The highest BCUT2D eigenvalue weighted by molar-refractivity contribution is 5.83. The van der Waals surface area contributed by atoms with Crippen molar-refractivity contribution in [3.05, 3.63) is 60.4 Å². The minimum atomic E-state index is -1.02. The van der Waals surface area contributed by atoms with Gasteiger partial charge in [0.15, 0.2) is 0 Å². The Kier molecular flexibility index (Phi) is 9.56. The Labute approximate surface area is 224 Å². The highest BCUT2D eigenvalue weighted by Crippen LogP contribution is 2.46. The zero-order valence-electron chi connectivity index (χ0n) is 22.1. The average molecular weight is 523 g/mol. The summed E-state index contributed by atoms with van der Waals surface area (Å²) in [5.41, 5.74) is 2.36. The molecular formula is C29H38N4O5. The third-order valence-corrected chi connectivity index (χ3v) is 7.83. The van der Waals surface area contributed by atoms with Crippen molar-refractivity contribution in [3.8, 4) is 0 Å².